The Morgan fingerprint density at radius 3 is 2.00 bits per heavy atom. The molecule has 1 aromatic rings. The third-order valence-corrected chi connectivity index (χ3v) is 1.31. The molecule has 0 unspecified atom stereocenters. The first-order valence-corrected chi connectivity index (χ1v) is 2.75. The minimum absolute atomic E-state index is 1.13. The summed E-state index contributed by atoms with van der Waals surface area (Å²) in [6, 6.07) is 0. The van der Waals surface area contributed by atoms with Crippen LogP contribution in [-0.4, -0.2) is 4.98 Å². The Bertz CT molecular complexity index is 169. The van der Waals surface area contributed by atoms with Crippen LogP contribution in [0.2, 0.25) is 0 Å². The first-order valence-electron chi connectivity index (χ1n) is 2.75. The summed E-state index contributed by atoms with van der Waals surface area (Å²) in [4.78, 5) is 6.30. The Labute approximate surface area is 49.0 Å². The fourth-order valence-electron chi connectivity index (χ4n) is 0.781. The lowest BCUT2D eigenvalue weighted by Gasteiger charge is -1.71. The highest BCUT2D eigenvalue weighted by Crippen LogP contribution is 1.94. The highest BCUT2D eigenvalue weighted by atomic mass is 14.9. The molecule has 1 rings (SSSR count). The summed E-state index contributed by atoms with van der Waals surface area (Å²) >= 11 is 0. The number of H-pyrrole nitrogens is 2. The molecule has 0 fully saturated rings. The standard InChI is InChI=1S/C6H10N2/c1-4-5(2)8-6(3)7-4/h1-3H3,(H,7,8)/p+1. The van der Waals surface area contributed by atoms with Crippen molar-refractivity contribution >= 4 is 0 Å². The molecule has 0 aromatic carbocycles. The van der Waals surface area contributed by atoms with E-state index in [4.69, 9.17) is 0 Å². The maximum Gasteiger partial charge on any atom is 0.249 e. The molecule has 2 N–H and O–H groups in total. The van der Waals surface area contributed by atoms with Crippen LogP contribution in [0.5, 0.6) is 0 Å². The predicted molar refractivity (Wildman–Crippen MR) is 31.6 cm³/mol. The van der Waals surface area contributed by atoms with Gasteiger partial charge in [0.05, 0.1) is 0 Å². The normalized spacial score (nSPS) is 9.88. The molecule has 0 saturated heterocycles. The van der Waals surface area contributed by atoms with Crippen molar-refractivity contribution in [2.45, 2.75) is 20.8 Å². The summed E-state index contributed by atoms with van der Waals surface area (Å²) < 4.78 is 0. The van der Waals surface area contributed by atoms with Gasteiger partial charge >= 0.3 is 0 Å². The van der Waals surface area contributed by atoms with E-state index in [0.717, 1.165) is 5.82 Å². The third-order valence-electron chi connectivity index (χ3n) is 1.31. The van der Waals surface area contributed by atoms with Crippen molar-refractivity contribution in [3.05, 3.63) is 17.2 Å². The van der Waals surface area contributed by atoms with Gasteiger partial charge in [-0.1, -0.05) is 0 Å². The number of imidazole rings is 1. The van der Waals surface area contributed by atoms with Gasteiger partial charge in [-0.2, -0.15) is 0 Å². The van der Waals surface area contributed by atoms with Gasteiger partial charge in [0, 0.05) is 20.8 Å². The maximum absolute atomic E-state index is 3.15. The lowest BCUT2D eigenvalue weighted by atomic mass is 10.4. The number of aromatic amines is 2. The Kier molecular flexibility index (Phi) is 1.08. The van der Waals surface area contributed by atoms with E-state index in [9.17, 15) is 0 Å². The van der Waals surface area contributed by atoms with Crippen LogP contribution in [0.3, 0.4) is 0 Å². The molecule has 0 spiro atoms. The second kappa shape index (κ2) is 1.62. The van der Waals surface area contributed by atoms with Crippen LogP contribution in [0.1, 0.15) is 17.2 Å². The Balaban J connectivity index is 3.14. The van der Waals surface area contributed by atoms with Crippen LogP contribution >= 0.6 is 0 Å². The average molecular weight is 111 g/mol. The molecule has 0 atom stereocenters. The first-order chi connectivity index (χ1) is 3.70. The van der Waals surface area contributed by atoms with Crippen molar-refractivity contribution in [3.8, 4) is 0 Å². The SMILES string of the molecule is Cc1[nH]c(C)c(C)[nH+]1. The highest BCUT2D eigenvalue weighted by molar-refractivity contribution is 5.01. The minimum Gasteiger partial charge on any atom is -0.245 e. The molecule has 0 aliphatic carbocycles. The van der Waals surface area contributed by atoms with E-state index in [1.165, 1.54) is 11.4 Å². The summed E-state index contributed by atoms with van der Waals surface area (Å²) in [7, 11) is 0. The van der Waals surface area contributed by atoms with Crippen LogP contribution in [-0.2, 0) is 0 Å². The molecular weight excluding hydrogens is 100 g/mol. The van der Waals surface area contributed by atoms with Crippen molar-refractivity contribution in [2.75, 3.05) is 0 Å². The Morgan fingerprint density at radius 2 is 1.88 bits per heavy atom. The topological polar surface area (TPSA) is 29.9 Å². The number of aryl methyl sites for hydroxylation is 3. The number of nitrogens with one attached hydrogen (secondary N) is 2. The number of hydrogen-bond acceptors (Lipinski definition) is 0. The monoisotopic (exact) mass is 111 g/mol. The number of rotatable bonds is 0. The zero-order chi connectivity index (χ0) is 6.15. The van der Waals surface area contributed by atoms with Crippen molar-refractivity contribution in [3.63, 3.8) is 0 Å². The van der Waals surface area contributed by atoms with E-state index < -0.39 is 0 Å². The molecule has 0 radical (unpaired) electrons. The predicted octanol–water partition coefficient (Wildman–Crippen LogP) is 0.754. The summed E-state index contributed by atoms with van der Waals surface area (Å²) in [6.07, 6.45) is 0. The summed E-state index contributed by atoms with van der Waals surface area (Å²) in [6.45, 7) is 6.12. The van der Waals surface area contributed by atoms with Crippen LogP contribution in [0, 0.1) is 20.8 Å². The molecule has 0 aliphatic rings. The fraction of sp³-hybridized carbons (Fsp3) is 0.500. The average Bonchev–Trinajstić information content (AvgIpc) is 1.85. The molecule has 0 bridgehead atoms. The zero-order valence-corrected chi connectivity index (χ0v) is 5.50. The Hall–Kier alpha value is -0.790. The molecule has 0 amide bonds. The highest BCUT2D eigenvalue weighted by Gasteiger charge is 2.02. The second-order valence-corrected chi connectivity index (χ2v) is 2.12. The molecule has 8 heavy (non-hydrogen) atoms. The summed E-state index contributed by atoms with van der Waals surface area (Å²) in [5, 5.41) is 0. The van der Waals surface area contributed by atoms with E-state index >= 15 is 0 Å². The van der Waals surface area contributed by atoms with E-state index in [1.54, 1.807) is 0 Å². The number of aromatic nitrogens is 2. The summed E-state index contributed by atoms with van der Waals surface area (Å²) in [5.41, 5.74) is 2.45. The largest absolute Gasteiger partial charge is 0.249 e. The second-order valence-electron chi connectivity index (χ2n) is 2.12. The van der Waals surface area contributed by atoms with Crippen molar-refractivity contribution in [1.82, 2.24) is 4.98 Å². The van der Waals surface area contributed by atoms with Crippen LogP contribution in [0.4, 0.5) is 0 Å². The molecular formula is C6H11N2+. The molecule has 1 heterocycles. The molecule has 2 nitrogen and oxygen atoms in total. The van der Waals surface area contributed by atoms with Gasteiger partial charge in [-0.25, -0.2) is 9.97 Å². The minimum atomic E-state index is 1.13. The first kappa shape index (κ1) is 5.35. The van der Waals surface area contributed by atoms with Crippen LogP contribution in [0.25, 0.3) is 0 Å². The fourth-order valence-corrected chi connectivity index (χ4v) is 0.781. The van der Waals surface area contributed by atoms with Crippen molar-refractivity contribution in [2.24, 2.45) is 0 Å². The molecule has 2 heteroatoms. The smallest absolute Gasteiger partial charge is 0.245 e. The van der Waals surface area contributed by atoms with Gasteiger partial charge in [0.2, 0.25) is 5.82 Å². The van der Waals surface area contributed by atoms with Crippen molar-refractivity contribution < 1.29 is 4.98 Å². The summed E-state index contributed by atoms with van der Waals surface area (Å²) in [5.74, 6) is 1.13. The van der Waals surface area contributed by atoms with Gasteiger partial charge in [-0.05, 0) is 0 Å². The van der Waals surface area contributed by atoms with Gasteiger partial charge in [-0.3, -0.25) is 0 Å². The molecule has 44 valence electrons. The van der Waals surface area contributed by atoms with Crippen molar-refractivity contribution in [1.29, 1.82) is 0 Å². The Morgan fingerprint density at radius 1 is 1.25 bits per heavy atom. The van der Waals surface area contributed by atoms with Crippen LogP contribution < -0.4 is 4.98 Å². The van der Waals surface area contributed by atoms with E-state index in [-0.39, 0.29) is 0 Å². The molecule has 1 aromatic heterocycles. The van der Waals surface area contributed by atoms with E-state index in [1.807, 2.05) is 6.92 Å². The quantitative estimate of drug-likeness (QED) is 0.512. The molecule has 0 saturated carbocycles. The van der Waals surface area contributed by atoms with Crippen LogP contribution in [0.15, 0.2) is 0 Å². The van der Waals surface area contributed by atoms with E-state index in [0.29, 0.717) is 0 Å². The zero-order valence-electron chi connectivity index (χ0n) is 5.50. The van der Waals surface area contributed by atoms with Gasteiger partial charge in [-0.15, -0.1) is 0 Å². The van der Waals surface area contributed by atoms with Gasteiger partial charge in [0.25, 0.3) is 0 Å². The lowest BCUT2D eigenvalue weighted by molar-refractivity contribution is -0.394. The van der Waals surface area contributed by atoms with E-state index in [2.05, 4.69) is 23.8 Å². The lowest BCUT2D eigenvalue weighted by Crippen LogP contribution is -2.04. The third kappa shape index (κ3) is 0.735. The van der Waals surface area contributed by atoms with Gasteiger partial charge in [0.1, 0.15) is 11.4 Å². The maximum atomic E-state index is 3.15. The van der Waals surface area contributed by atoms with Gasteiger partial charge < -0.3 is 0 Å². The number of hydrogen-bond donors (Lipinski definition) is 1. The molecule has 0 aliphatic heterocycles. The van der Waals surface area contributed by atoms with Gasteiger partial charge in [0.15, 0.2) is 0 Å².